The Morgan fingerprint density at radius 2 is 2.00 bits per heavy atom. The number of ether oxygens (including phenoxy) is 1. The van der Waals surface area contributed by atoms with Gasteiger partial charge in [0.25, 0.3) is 0 Å². The van der Waals surface area contributed by atoms with Crippen LogP contribution in [0.15, 0.2) is 24.3 Å². The molecule has 0 aliphatic carbocycles. The molecule has 0 spiro atoms. The molecule has 0 aromatic heterocycles. The maximum absolute atomic E-state index is 8.75. The molecule has 1 aromatic carbocycles. The summed E-state index contributed by atoms with van der Waals surface area (Å²) in [5, 5.41) is 8.75. The highest BCUT2D eigenvalue weighted by Crippen LogP contribution is 2.32. The van der Waals surface area contributed by atoms with Gasteiger partial charge in [-0.1, -0.05) is 39.0 Å². The second-order valence-electron chi connectivity index (χ2n) is 4.79. The molecule has 0 aliphatic rings. The van der Waals surface area contributed by atoms with Crippen molar-refractivity contribution in [2.45, 2.75) is 26.2 Å². The summed E-state index contributed by atoms with van der Waals surface area (Å²) in [4.78, 5) is 0. The molecule has 0 unspecified atom stereocenters. The summed E-state index contributed by atoms with van der Waals surface area (Å²) in [5.41, 5.74) is 2.31. The van der Waals surface area contributed by atoms with Gasteiger partial charge in [-0.3, -0.25) is 0 Å². The molecule has 0 heterocycles. The van der Waals surface area contributed by atoms with E-state index in [9.17, 15) is 0 Å². The van der Waals surface area contributed by atoms with Gasteiger partial charge >= 0.3 is 0 Å². The lowest BCUT2D eigenvalue weighted by molar-refractivity contribution is 0.343. The fourth-order valence-corrected chi connectivity index (χ4v) is 1.60. The van der Waals surface area contributed by atoms with Crippen molar-refractivity contribution in [2.24, 2.45) is 0 Å². The second kappa shape index (κ2) is 5.17. The van der Waals surface area contributed by atoms with Crippen molar-refractivity contribution in [3.05, 3.63) is 35.4 Å². The van der Waals surface area contributed by atoms with Gasteiger partial charge in [0, 0.05) is 5.56 Å². The lowest BCUT2D eigenvalue weighted by Crippen LogP contribution is -2.12. The van der Waals surface area contributed by atoms with Gasteiger partial charge in [-0.15, -0.1) is 0 Å². The maximum Gasteiger partial charge on any atom is 0.122 e. The number of rotatable bonds is 3. The maximum atomic E-state index is 8.75. The SMILES string of the molecule is COc1ccc(C=CCO)cc1C(C)(C)C. The summed E-state index contributed by atoms with van der Waals surface area (Å²) in [7, 11) is 1.69. The zero-order chi connectivity index (χ0) is 12.2. The smallest absolute Gasteiger partial charge is 0.122 e. The first-order valence-electron chi connectivity index (χ1n) is 5.45. The Labute approximate surface area is 97.6 Å². The molecule has 88 valence electrons. The van der Waals surface area contributed by atoms with Crippen LogP contribution >= 0.6 is 0 Å². The molecule has 0 aliphatic heterocycles. The van der Waals surface area contributed by atoms with E-state index in [4.69, 9.17) is 9.84 Å². The van der Waals surface area contributed by atoms with E-state index in [-0.39, 0.29) is 12.0 Å². The van der Waals surface area contributed by atoms with E-state index >= 15 is 0 Å². The molecule has 0 radical (unpaired) electrons. The molecule has 2 nitrogen and oxygen atoms in total. The van der Waals surface area contributed by atoms with Gasteiger partial charge in [-0.2, -0.15) is 0 Å². The van der Waals surface area contributed by atoms with E-state index in [0.29, 0.717) is 0 Å². The Balaban J connectivity index is 3.16. The van der Waals surface area contributed by atoms with Crippen LogP contribution in [0.1, 0.15) is 31.9 Å². The molecule has 0 atom stereocenters. The molecule has 2 heteroatoms. The van der Waals surface area contributed by atoms with E-state index in [1.165, 1.54) is 5.56 Å². The summed E-state index contributed by atoms with van der Waals surface area (Å²) in [5.74, 6) is 0.911. The van der Waals surface area contributed by atoms with Crippen molar-refractivity contribution in [3.63, 3.8) is 0 Å². The lowest BCUT2D eigenvalue weighted by atomic mass is 9.85. The number of benzene rings is 1. The third kappa shape index (κ3) is 3.11. The molecule has 0 amide bonds. The molecule has 1 rings (SSSR count). The number of aliphatic hydroxyl groups is 1. The minimum Gasteiger partial charge on any atom is -0.496 e. The Kier molecular flexibility index (Phi) is 4.13. The van der Waals surface area contributed by atoms with Crippen LogP contribution in [-0.2, 0) is 5.41 Å². The normalized spacial score (nSPS) is 12.1. The van der Waals surface area contributed by atoms with Gasteiger partial charge in [0.15, 0.2) is 0 Å². The fraction of sp³-hybridized carbons (Fsp3) is 0.429. The first kappa shape index (κ1) is 12.8. The monoisotopic (exact) mass is 220 g/mol. The molecule has 0 fully saturated rings. The zero-order valence-corrected chi connectivity index (χ0v) is 10.4. The molecular formula is C14H20O2. The topological polar surface area (TPSA) is 29.5 Å². The largest absolute Gasteiger partial charge is 0.496 e. The van der Waals surface area contributed by atoms with Crippen LogP contribution in [0.25, 0.3) is 6.08 Å². The predicted molar refractivity (Wildman–Crippen MR) is 67.8 cm³/mol. The third-order valence-corrected chi connectivity index (χ3v) is 2.45. The lowest BCUT2D eigenvalue weighted by Gasteiger charge is -2.22. The highest BCUT2D eigenvalue weighted by atomic mass is 16.5. The van der Waals surface area contributed by atoms with Crippen molar-refractivity contribution >= 4 is 6.08 Å². The standard InChI is InChI=1S/C14H20O2/c1-14(2,3)12-10-11(6-5-9-15)7-8-13(12)16-4/h5-8,10,15H,9H2,1-4H3. The van der Waals surface area contributed by atoms with Gasteiger partial charge in [0.05, 0.1) is 13.7 Å². The number of aliphatic hydroxyl groups excluding tert-OH is 1. The summed E-state index contributed by atoms with van der Waals surface area (Å²) in [6.45, 7) is 6.54. The quantitative estimate of drug-likeness (QED) is 0.848. The van der Waals surface area contributed by atoms with Crippen LogP contribution in [0.5, 0.6) is 5.75 Å². The van der Waals surface area contributed by atoms with E-state index in [1.54, 1.807) is 13.2 Å². The van der Waals surface area contributed by atoms with Crippen molar-refractivity contribution in [1.29, 1.82) is 0 Å². The number of methoxy groups -OCH3 is 1. The second-order valence-corrected chi connectivity index (χ2v) is 4.79. The first-order chi connectivity index (χ1) is 7.49. The minimum atomic E-state index is 0.0500. The molecule has 1 N–H and O–H groups in total. The molecular weight excluding hydrogens is 200 g/mol. The summed E-state index contributed by atoms with van der Waals surface area (Å²) < 4.78 is 5.36. The van der Waals surface area contributed by atoms with Gasteiger partial charge in [-0.25, -0.2) is 0 Å². The highest BCUT2D eigenvalue weighted by molar-refractivity contribution is 5.54. The van der Waals surface area contributed by atoms with E-state index in [0.717, 1.165) is 11.3 Å². The first-order valence-corrected chi connectivity index (χ1v) is 5.45. The fourth-order valence-electron chi connectivity index (χ4n) is 1.60. The van der Waals surface area contributed by atoms with E-state index < -0.39 is 0 Å². The Morgan fingerprint density at radius 1 is 1.31 bits per heavy atom. The van der Waals surface area contributed by atoms with Gasteiger partial charge in [0.2, 0.25) is 0 Å². The predicted octanol–water partition coefficient (Wildman–Crippen LogP) is 3.00. The van der Waals surface area contributed by atoms with Crippen LogP contribution in [0.3, 0.4) is 0 Å². The average Bonchev–Trinajstić information content (AvgIpc) is 2.24. The van der Waals surface area contributed by atoms with Crippen molar-refractivity contribution in [2.75, 3.05) is 13.7 Å². The van der Waals surface area contributed by atoms with Crippen LogP contribution in [0, 0.1) is 0 Å². The molecule has 16 heavy (non-hydrogen) atoms. The van der Waals surface area contributed by atoms with Crippen LogP contribution in [0.4, 0.5) is 0 Å². The zero-order valence-electron chi connectivity index (χ0n) is 10.4. The summed E-state index contributed by atoms with van der Waals surface area (Å²) in [6, 6.07) is 6.06. The van der Waals surface area contributed by atoms with Crippen LogP contribution in [-0.4, -0.2) is 18.8 Å². The van der Waals surface area contributed by atoms with E-state index in [2.05, 4.69) is 26.8 Å². The van der Waals surface area contributed by atoms with Crippen LogP contribution < -0.4 is 4.74 Å². The highest BCUT2D eigenvalue weighted by Gasteiger charge is 2.18. The summed E-state index contributed by atoms with van der Waals surface area (Å²) in [6.07, 6.45) is 3.64. The molecule has 0 saturated heterocycles. The van der Waals surface area contributed by atoms with Gasteiger partial charge in [-0.05, 0) is 23.1 Å². The Hall–Kier alpha value is -1.28. The molecule has 0 bridgehead atoms. The van der Waals surface area contributed by atoms with Gasteiger partial charge in [0.1, 0.15) is 5.75 Å². The number of hydrogen-bond donors (Lipinski definition) is 1. The third-order valence-electron chi connectivity index (χ3n) is 2.45. The van der Waals surface area contributed by atoms with Crippen molar-refractivity contribution < 1.29 is 9.84 Å². The Morgan fingerprint density at radius 3 is 2.50 bits per heavy atom. The van der Waals surface area contributed by atoms with Gasteiger partial charge < -0.3 is 9.84 Å². The van der Waals surface area contributed by atoms with E-state index in [1.807, 2.05) is 18.2 Å². The van der Waals surface area contributed by atoms with Crippen molar-refractivity contribution in [3.8, 4) is 5.75 Å². The van der Waals surface area contributed by atoms with Crippen molar-refractivity contribution in [1.82, 2.24) is 0 Å². The van der Waals surface area contributed by atoms with Crippen LogP contribution in [0.2, 0.25) is 0 Å². The molecule has 0 saturated carbocycles. The summed E-state index contributed by atoms with van der Waals surface area (Å²) >= 11 is 0. The molecule has 1 aromatic rings. The minimum absolute atomic E-state index is 0.0500. The Bertz CT molecular complexity index is 373. The number of hydrogen-bond acceptors (Lipinski definition) is 2. The average molecular weight is 220 g/mol.